The largest absolute Gasteiger partial charge is 0.495 e. The van der Waals surface area contributed by atoms with Crippen LogP contribution in [0.1, 0.15) is 0 Å². The second-order valence-electron chi connectivity index (χ2n) is 5.64. The zero-order valence-electron chi connectivity index (χ0n) is 15.0. The lowest BCUT2D eigenvalue weighted by molar-refractivity contribution is -0.116. The van der Waals surface area contributed by atoms with E-state index in [4.69, 9.17) is 21.1 Å². The molecule has 0 aliphatic carbocycles. The van der Waals surface area contributed by atoms with E-state index >= 15 is 0 Å². The molecule has 0 unspecified atom stereocenters. The molecule has 0 atom stereocenters. The van der Waals surface area contributed by atoms with E-state index in [0.29, 0.717) is 28.8 Å². The van der Waals surface area contributed by atoms with E-state index in [2.05, 4.69) is 5.32 Å². The molecular weight excluding hydrogens is 370 g/mol. The lowest BCUT2D eigenvalue weighted by Crippen LogP contribution is -2.41. The predicted molar refractivity (Wildman–Crippen MR) is 98.2 cm³/mol. The molecule has 1 aromatic carbocycles. The second kappa shape index (κ2) is 9.23. The monoisotopic (exact) mass is 393 g/mol. The van der Waals surface area contributed by atoms with E-state index in [-0.39, 0.29) is 13.1 Å². The van der Waals surface area contributed by atoms with Crippen LogP contribution in [0.2, 0.25) is 5.02 Å². The van der Waals surface area contributed by atoms with Crippen molar-refractivity contribution in [2.24, 2.45) is 0 Å². The van der Waals surface area contributed by atoms with Gasteiger partial charge in [0.25, 0.3) is 0 Å². The SMILES string of the molecule is COc1cc(NC(=O)CN(CCN(C)C)S(C)(=O)=O)c(OC)cc1Cl. The Morgan fingerprint density at radius 2 is 1.76 bits per heavy atom. The number of ether oxygens (including phenoxy) is 2. The number of amides is 1. The van der Waals surface area contributed by atoms with Crippen LogP contribution in [0.15, 0.2) is 12.1 Å². The zero-order chi connectivity index (χ0) is 19.2. The van der Waals surface area contributed by atoms with Gasteiger partial charge in [-0.05, 0) is 14.1 Å². The molecule has 8 nitrogen and oxygen atoms in total. The first kappa shape index (κ1) is 21.5. The average molecular weight is 394 g/mol. The fourth-order valence-corrected chi connectivity index (χ4v) is 2.98. The molecule has 0 fully saturated rings. The summed E-state index contributed by atoms with van der Waals surface area (Å²) < 4.78 is 35.1. The first-order valence-corrected chi connectivity index (χ1v) is 9.62. The van der Waals surface area contributed by atoms with E-state index in [9.17, 15) is 13.2 Å². The zero-order valence-corrected chi connectivity index (χ0v) is 16.6. The summed E-state index contributed by atoms with van der Waals surface area (Å²) in [6.07, 6.45) is 1.07. The van der Waals surface area contributed by atoms with Gasteiger partial charge >= 0.3 is 0 Å². The topological polar surface area (TPSA) is 88.2 Å². The summed E-state index contributed by atoms with van der Waals surface area (Å²) in [7, 11) is 3.02. The number of anilines is 1. The Morgan fingerprint density at radius 1 is 1.16 bits per heavy atom. The Kier molecular flexibility index (Phi) is 7.94. The minimum Gasteiger partial charge on any atom is -0.495 e. The summed E-state index contributed by atoms with van der Waals surface area (Å²) in [6, 6.07) is 3.03. The van der Waals surface area contributed by atoms with E-state index < -0.39 is 15.9 Å². The summed E-state index contributed by atoms with van der Waals surface area (Å²) in [5.41, 5.74) is 0.342. The van der Waals surface area contributed by atoms with Gasteiger partial charge < -0.3 is 19.7 Å². The highest BCUT2D eigenvalue weighted by atomic mass is 35.5. The van der Waals surface area contributed by atoms with Crippen molar-refractivity contribution in [1.29, 1.82) is 0 Å². The summed E-state index contributed by atoms with van der Waals surface area (Å²) in [6.45, 7) is 0.402. The number of methoxy groups -OCH3 is 2. The molecule has 0 saturated heterocycles. The second-order valence-corrected chi connectivity index (χ2v) is 8.02. The number of benzene rings is 1. The smallest absolute Gasteiger partial charge is 0.239 e. The van der Waals surface area contributed by atoms with Crippen LogP contribution in [0.25, 0.3) is 0 Å². The van der Waals surface area contributed by atoms with E-state index in [1.807, 2.05) is 19.0 Å². The number of rotatable bonds is 9. The number of carbonyl (C=O) groups is 1. The molecule has 10 heteroatoms. The molecule has 1 amide bonds. The van der Waals surface area contributed by atoms with Gasteiger partial charge in [0.05, 0.1) is 37.7 Å². The third-order valence-corrected chi connectivity index (χ3v) is 4.88. The van der Waals surface area contributed by atoms with Gasteiger partial charge in [0.2, 0.25) is 15.9 Å². The molecule has 0 aliphatic heterocycles. The molecule has 0 spiro atoms. The van der Waals surface area contributed by atoms with Crippen LogP contribution in [-0.2, 0) is 14.8 Å². The van der Waals surface area contributed by atoms with Crippen molar-refractivity contribution in [1.82, 2.24) is 9.21 Å². The number of hydrogen-bond acceptors (Lipinski definition) is 6. The summed E-state index contributed by atoms with van der Waals surface area (Å²) in [5, 5.41) is 2.97. The minimum atomic E-state index is -3.51. The van der Waals surface area contributed by atoms with Crippen molar-refractivity contribution in [2.75, 3.05) is 59.5 Å². The Morgan fingerprint density at radius 3 is 2.24 bits per heavy atom. The molecule has 0 bridgehead atoms. The van der Waals surface area contributed by atoms with Crippen LogP contribution in [0.4, 0.5) is 5.69 Å². The van der Waals surface area contributed by atoms with Crippen molar-refractivity contribution < 1.29 is 22.7 Å². The maximum absolute atomic E-state index is 12.3. The molecule has 1 rings (SSSR count). The molecule has 0 saturated carbocycles. The molecule has 0 aromatic heterocycles. The lowest BCUT2D eigenvalue weighted by Gasteiger charge is -2.21. The number of nitrogens with zero attached hydrogens (tertiary/aromatic N) is 2. The quantitative estimate of drug-likeness (QED) is 0.676. The number of hydrogen-bond donors (Lipinski definition) is 1. The molecule has 1 N–H and O–H groups in total. The third-order valence-electron chi connectivity index (χ3n) is 3.33. The first-order chi connectivity index (χ1) is 11.6. The molecule has 142 valence electrons. The van der Waals surface area contributed by atoms with Gasteiger partial charge in [-0.3, -0.25) is 4.79 Å². The van der Waals surface area contributed by atoms with Crippen LogP contribution in [0, 0.1) is 0 Å². The van der Waals surface area contributed by atoms with Gasteiger partial charge in [-0.1, -0.05) is 11.6 Å². The normalized spacial score (nSPS) is 11.7. The Hall–Kier alpha value is -1.55. The maximum Gasteiger partial charge on any atom is 0.239 e. The van der Waals surface area contributed by atoms with Crippen LogP contribution < -0.4 is 14.8 Å². The van der Waals surface area contributed by atoms with Gasteiger partial charge in [-0.25, -0.2) is 8.42 Å². The Labute approximate surface area is 153 Å². The van der Waals surface area contributed by atoms with Crippen LogP contribution >= 0.6 is 11.6 Å². The van der Waals surface area contributed by atoms with Crippen molar-refractivity contribution in [2.45, 2.75) is 0 Å². The standard InChI is InChI=1S/C15H24ClN3O5S/c1-18(2)6-7-19(25(5,21)22)10-15(20)17-12-9-13(23-3)11(16)8-14(12)24-4/h8-9H,6-7,10H2,1-5H3,(H,17,20). The molecule has 0 radical (unpaired) electrons. The molecule has 1 aromatic rings. The molecular formula is C15H24ClN3O5S. The number of nitrogens with one attached hydrogen (secondary N) is 1. The predicted octanol–water partition coefficient (Wildman–Crippen LogP) is 1.12. The Bertz CT molecular complexity index is 709. The molecule has 0 aliphatic rings. The summed E-state index contributed by atoms with van der Waals surface area (Å²) >= 11 is 6.02. The van der Waals surface area contributed by atoms with Crippen LogP contribution in [0.5, 0.6) is 11.5 Å². The minimum absolute atomic E-state index is 0.209. The van der Waals surface area contributed by atoms with Gasteiger partial charge in [0, 0.05) is 25.2 Å². The summed E-state index contributed by atoms with van der Waals surface area (Å²) in [4.78, 5) is 14.1. The van der Waals surface area contributed by atoms with E-state index in [0.717, 1.165) is 10.6 Å². The third kappa shape index (κ3) is 6.69. The molecule has 25 heavy (non-hydrogen) atoms. The number of halogens is 1. The highest BCUT2D eigenvalue weighted by molar-refractivity contribution is 7.88. The first-order valence-electron chi connectivity index (χ1n) is 7.39. The van der Waals surface area contributed by atoms with Crippen LogP contribution in [0.3, 0.4) is 0 Å². The molecule has 0 heterocycles. The number of carbonyl (C=O) groups excluding carboxylic acids is 1. The highest BCUT2D eigenvalue weighted by Crippen LogP contribution is 2.35. The van der Waals surface area contributed by atoms with Gasteiger partial charge in [0.1, 0.15) is 11.5 Å². The van der Waals surface area contributed by atoms with Crippen molar-refractivity contribution in [3.8, 4) is 11.5 Å². The fourth-order valence-electron chi connectivity index (χ4n) is 1.98. The van der Waals surface area contributed by atoms with Crippen molar-refractivity contribution in [3.63, 3.8) is 0 Å². The van der Waals surface area contributed by atoms with Gasteiger partial charge in [-0.2, -0.15) is 4.31 Å². The number of likely N-dealkylation sites (N-methyl/N-ethyl adjacent to an activating group) is 1. The fraction of sp³-hybridized carbons (Fsp3) is 0.533. The average Bonchev–Trinajstić information content (AvgIpc) is 2.51. The van der Waals surface area contributed by atoms with Gasteiger partial charge in [-0.15, -0.1) is 0 Å². The van der Waals surface area contributed by atoms with E-state index in [1.54, 1.807) is 0 Å². The maximum atomic E-state index is 12.3. The highest BCUT2D eigenvalue weighted by Gasteiger charge is 2.21. The lowest BCUT2D eigenvalue weighted by atomic mass is 10.2. The van der Waals surface area contributed by atoms with Crippen molar-refractivity contribution >= 4 is 33.2 Å². The van der Waals surface area contributed by atoms with Crippen LogP contribution in [-0.4, -0.2) is 77.7 Å². The van der Waals surface area contributed by atoms with Crippen molar-refractivity contribution in [3.05, 3.63) is 17.2 Å². The number of sulfonamides is 1. The Balaban J connectivity index is 2.93. The van der Waals surface area contributed by atoms with E-state index in [1.165, 1.54) is 26.4 Å². The van der Waals surface area contributed by atoms with Gasteiger partial charge in [0.15, 0.2) is 0 Å². The summed E-state index contributed by atoms with van der Waals surface area (Å²) in [5.74, 6) is 0.218.